The number of ether oxygens (including phenoxy) is 2. The van der Waals surface area contributed by atoms with E-state index in [1.165, 1.54) is 0 Å². The van der Waals surface area contributed by atoms with Crippen LogP contribution in [-0.4, -0.2) is 122 Å². The van der Waals surface area contributed by atoms with Crippen molar-refractivity contribution in [3.8, 4) is 11.4 Å². The van der Waals surface area contributed by atoms with Gasteiger partial charge in [0.1, 0.15) is 0 Å². The molecule has 3 saturated heterocycles. The summed E-state index contributed by atoms with van der Waals surface area (Å²) in [4.78, 5) is 48.9. The molecule has 0 unspecified atom stereocenters. The van der Waals surface area contributed by atoms with Gasteiger partial charge in [0, 0.05) is 80.9 Å². The quantitative estimate of drug-likeness (QED) is 0.401. The Hall–Kier alpha value is -4.33. The number of rotatable bonds is 7. The second-order valence-corrected chi connectivity index (χ2v) is 12.0. The predicted octanol–water partition coefficient (Wildman–Crippen LogP) is 3.41. The van der Waals surface area contributed by atoms with E-state index in [0.29, 0.717) is 80.2 Å². The number of carbonyl (C=O) groups is 2. The lowest BCUT2D eigenvalue weighted by Crippen LogP contribution is -2.40. The van der Waals surface area contributed by atoms with E-state index in [-0.39, 0.29) is 11.9 Å². The van der Waals surface area contributed by atoms with E-state index >= 15 is 0 Å². The number of hydrogen-bond donors (Lipinski definition) is 2. The van der Waals surface area contributed by atoms with Gasteiger partial charge in [0.15, 0.2) is 5.82 Å². The van der Waals surface area contributed by atoms with E-state index in [0.717, 1.165) is 51.3 Å². The minimum absolute atomic E-state index is 0.0362. The second kappa shape index (κ2) is 14.8. The molecule has 3 aliphatic rings. The summed E-state index contributed by atoms with van der Waals surface area (Å²) >= 11 is 0. The van der Waals surface area contributed by atoms with Crippen LogP contribution >= 0.6 is 0 Å². The molecule has 3 amide bonds. The third kappa shape index (κ3) is 7.90. The number of carbonyl (C=O) groups excluding carboxylic acids is 2. The predicted molar refractivity (Wildman–Crippen MR) is 178 cm³/mol. The molecule has 4 heterocycles. The van der Waals surface area contributed by atoms with Crippen LogP contribution < -0.4 is 20.4 Å². The minimum atomic E-state index is -0.381. The van der Waals surface area contributed by atoms with Gasteiger partial charge in [-0.1, -0.05) is 0 Å². The molecule has 3 aromatic rings. The number of morpholine rings is 2. The van der Waals surface area contributed by atoms with Crippen LogP contribution in [-0.2, 0) is 9.47 Å². The average molecular weight is 630 g/mol. The highest BCUT2D eigenvalue weighted by Crippen LogP contribution is 2.25. The van der Waals surface area contributed by atoms with Gasteiger partial charge in [-0.05, 0) is 68.8 Å². The van der Waals surface area contributed by atoms with Crippen LogP contribution in [0.5, 0.6) is 0 Å². The van der Waals surface area contributed by atoms with E-state index < -0.39 is 0 Å². The number of nitrogens with one attached hydrogen (secondary N) is 2. The molecular formula is C33H43N9O4. The molecule has 3 fully saturated rings. The summed E-state index contributed by atoms with van der Waals surface area (Å²) in [7, 11) is 0. The number of aromatic nitrogens is 3. The Bertz CT molecular complexity index is 1470. The lowest BCUT2D eigenvalue weighted by Gasteiger charge is -2.28. The first-order valence-electron chi connectivity index (χ1n) is 16.2. The van der Waals surface area contributed by atoms with Crippen molar-refractivity contribution in [1.29, 1.82) is 0 Å². The van der Waals surface area contributed by atoms with Crippen molar-refractivity contribution in [2.75, 3.05) is 99.2 Å². The van der Waals surface area contributed by atoms with E-state index in [2.05, 4.69) is 39.2 Å². The molecule has 6 rings (SSSR count). The second-order valence-electron chi connectivity index (χ2n) is 12.0. The molecular weight excluding hydrogens is 586 g/mol. The maximum absolute atomic E-state index is 12.8. The van der Waals surface area contributed by atoms with Gasteiger partial charge in [0.25, 0.3) is 5.91 Å². The van der Waals surface area contributed by atoms with Gasteiger partial charge in [-0.15, -0.1) is 0 Å². The van der Waals surface area contributed by atoms with E-state index in [1.807, 2.05) is 24.3 Å². The van der Waals surface area contributed by atoms with Gasteiger partial charge in [0.2, 0.25) is 11.9 Å². The molecule has 13 nitrogen and oxygen atoms in total. The van der Waals surface area contributed by atoms with Crippen LogP contribution in [0, 0.1) is 0 Å². The molecule has 13 heteroatoms. The van der Waals surface area contributed by atoms with Crippen LogP contribution in [0.1, 0.15) is 30.6 Å². The normalized spacial score (nSPS) is 17.9. The van der Waals surface area contributed by atoms with Crippen LogP contribution in [0.2, 0.25) is 0 Å². The molecule has 244 valence electrons. The monoisotopic (exact) mass is 629 g/mol. The summed E-state index contributed by atoms with van der Waals surface area (Å²) in [5.74, 6) is 1.91. The smallest absolute Gasteiger partial charge is 0.323 e. The molecule has 2 N–H and O–H groups in total. The summed E-state index contributed by atoms with van der Waals surface area (Å²) in [5.41, 5.74) is 2.63. The molecule has 0 bridgehead atoms. The minimum Gasteiger partial charge on any atom is -0.378 e. The van der Waals surface area contributed by atoms with Crippen molar-refractivity contribution >= 4 is 35.2 Å². The van der Waals surface area contributed by atoms with Crippen molar-refractivity contribution in [2.24, 2.45) is 0 Å². The summed E-state index contributed by atoms with van der Waals surface area (Å²) in [6.07, 6.45) is 1.05. The summed E-state index contributed by atoms with van der Waals surface area (Å²) in [5, 5.41) is 5.71. The zero-order chi connectivity index (χ0) is 31.9. The molecule has 0 aliphatic carbocycles. The molecule has 46 heavy (non-hydrogen) atoms. The molecule has 0 radical (unpaired) electrons. The Morgan fingerprint density at radius 1 is 0.674 bits per heavy atom. The number of amides is 3. The fourth-order valence-electron chi connectivity index (χ4n) is 5.82. The number of anilines is 4. The zero-order valence-corrected chi connectivity index (χ0v) is 26.7. The van der Waals surface area contributed by atoms with Crippen LogP contribution in [0.4, 0.5) is 28.1 Å². The van der Waals surface area contributed by atoms with Gasteiger partial charge in [-0.2, -0.15) is 15.0 Å². The number of hydrogen-bond acceptors (Lipinski definition) is 10. The van der Waals surface area contributed by atoms with Crippen LogP contribution in [0.25, 0.3) is 11.4 Å². The van der Waals surface area contributed by atoms with Gasteiger partial charge in [-0.25, -0.2) is 4.79 Å². The lowest BCUT2D eigenvalue weighted by molar-refractivity contribution is 0.0303. The highest BCUT2D eigenvalue weighted by atomic mass is 16.5. The fraction of sp³-hybridized carbons (Fsp3) is 0.485. The zero-order valence-electron chi connectivity index (χ0n) is 26.7. The van der Waals surface area contributed by atoms with Crippen molar-refractivity contribution in [2.45, 2.75) is 26.3 Å². The van der Waals surface area contributed by atoms with E-state index in [9.17, 15) is 9.59 Å². The Kier molecular flexibility index (Phi) is 10.2. The highest BCUT2D eigenvalue weighted by molar-refractivity contribution is 6.00. The fourth-order valence-corrected chi connectivity index (χ4v) is 5.82. The van der Waals surface area contributed by atoms with Crippen molar-refractivity contribution in [3.63, 3.8) is 0 Å². The number of urea groups is 1. The summed E-state index contributed by atoms with van der Waals surface area (Å²) in [6, 6.07) is 14.5. The third-order valence-electron chi connectivity index (χ3n) is 8.54. The maximum Gasteiger partial charge on any atom is 0.323 e. The van der Waals surface area contributed by atoms with Crippen LogP contribution in [0.15, 0.2) is 48.5 Å². The largest absolute Gasteiger partial charge is 0.378 e. The molecule has 0 spiro atoms. The first-order chi connectivity index (χ1) is 22.4. The Balaban J connectivity index is 1.12. The maximum atomic E-state index is 12.8. The SMILES string of the molecule is CC(C)N1CCCN(c2nc(-c3ccc(NC(=O)Nc4ccc(C(=O)N5CCOCC5)cc4)cc3)nc(N3CCOCC3)n2)CC1. The Morgan fingerprint density at radius 2 is 1.24 bits per heavy atom. The Morgan fingerprint density at radius 3 is 1.85 bits per heavy atom. The summed E-state index contributed by atoms with van der Waals surface area (Å²) in [6.45, 7) is 13.3. The van der Waals surface area contributed by atoms with Crippen molar-refractivity contribution < 1.29 is 19.1 Å². The first-order valence-corrected chi connectivity index (χ1v) is 16.2. The van der Waals surface area contributed by atoms with Crippen LogP contribution in [0.3, 0.4) is 0 Å². The van der Waals surface area contributed by atoms with Crippen molar-refractivity contribution in [1.82, 2.24) is 24.8 Å². The van der Waals surface area contributed by atoms with Crippen molar-refractivity contribution in [3.05, 3.63) is 54.1 Å². The summed E-state index contributed by atoms with van der Waals surface area (Å²) < 4.78 is 10.9. The molecule has 2 aromatic carbocycles. The van der Waals surface area contributed by atoms with Gasteiger partial charge in [0.05, 0.1) is 26.4 Å². The van der Waals surface area contributed by atoms with Gasteiger partial charge < -0.3 is 34.8 Å². The number of nitrogens with zero attached hydrogens (tertiary/aromatic N) is 7. The number of benzene rings is 2. The standard InChI is InChI=1S/C33H43N9O4/c1-24(2)39-12-3-13-41(15-14-39)31-36-29(37-32(38-31)42-18-22-46-23-19-42)25-4-8-27(9-5-25)34-33(44)35-28-10-6-26(7-11-28)30(43)40-16-20-45-21-17-40/h4-11,24H,3,12-23H2,1-2H3,(H2,34,35,44). The topological polar surface area (TPSA) is 128 Å². The molecule has 0 atom stereocenters. The molecule has 1 aromatic heterocycles. The molecule has 3 aliphatic heterocycles. The van der Waals surface area contributed by atoms with Gasteiger partial charge in [-0.3, -0.25) is 9.69 Å². The third-order valence-corrected chi connectivity index (χ3v) is 8.54. The van der Waals surface area contributed by atoms with Gasteiger partial charge >= 0.3 is 6.03 Å². The highest BCUT2D eigenvalue weighted by Gasteiger charge is 2.23. The average Bonchev–Trinajstić information content (AvgIpc) is 3.36. The Labute approximate surface area is 269 Å². The van der Waals surface area contributed by atoms with E-state index in [1.54, 1.807) is 29.2 Å². The van der Waals surface area contributed by atoms with E-state index in [4.69, 9.17) is 24.4 Å². The molecule has 0 saturated carbocycles. The lowest BCUT2D eigenvalue weighted by atomic mass is 10.1. The first kappa shape index (κ1) is 31.6.